The molecule has 1 aromatic heterocycles. The molecule has 3 rings (SSSR count). The molecule has 2 aromatic rings. The van der Waals surface area contributed by atoms with Crippen LogP contribution in [-0.4, -0.2) is 17.7 Å². The number of pyridine rings is 1. The van der Waals surface area contributed by atoms with Crippen molar-refractivity contribution in [2.24, 2.45) is 5.10 Å². The van der Waals surface area contributed by atoms with Crippen LogP contribution >= 0.6 is 0 Å². The van der Waals surface area contributed by atoms with Crippen LogP contribution in [0, 0.1) is 0 Å². The van der Waals surface area contributed by atoms with Gasteiger partial charge in [0.1, 0.15) is 0 Å². The number of nitrogens with zero attached hydrogens (tertiary/aromatic N) is 3. The molecule has 1 aliphatic heterocycles. The Hall–Kier alpha value is -2.16. The SMILES string of the molecule is C(=N\N1CCc2ccccc21)/c1ccccn1. The number of para-hydroxylation sites is 1. The summed E-state index contributed by atoms with van der Waals surface area (Å²) in [5, 5.41) is 6.51. The standard InChI is InChI=1S/C14H13N3/c1-2-7-14-12(5-1)8-10-17(14)16-11-13-6-3-4-9-15-13/h1-7,9,11H,8,10H2/b16-11+. The summed E-state index contributed by atoms with van der Waals surface area (Å²) in [5.41, 5.74) is 3.46. The third kappa shape index (κ3) is 2.04. The third-order valence-electron chi connectivity index (χ3n) is 2.88. The van der Waals surface area contributed by atoms with Gasteiger partial charge in [0.2, 0.25) is 0 Å². The second-order valence-corrected chi connectivity index (χ2v) is 4.00. The van der Waals surface area contributed by atoms with Gasteiger partial charge in [-0.1, -0.05) is 24.3 Å². The predicted molar refractivity (Wildman–Crippen MR) is 69.3 cm³/mol. The molecule has 0 atom stereocenters. The summed E-state index contributed by atoms with van der Waals surface area (Å²) in [6.07, 6.45) is 4.65. The first-order valence-corrected chi connectivity index (χ1v) is 5.74. The Morgan fingerprint density at radius 2 is 2.00 bits per heavy atom. The number of hydrogen-bond donors (Lipinski definition) is 0. The zero-order valence-corrected chi connectivity index (χ0v) is 9.45. The van der Waals surface area contributed by atoms with Gasteiger partial charge in [-0.15, -0.1) is 0 Å². The average molecular weight is 223 g/mol. The van der Waals surface area contributed by atoms with Gasteiger partial charge in [0.15, 0.2) is 0 Å². The van der Waals surface area contributed by atoms with Gasteiger partial charge in [-0.05, 0) is 30.2 Å². The monoisotopic (exact) mass is 223 g/mol. The minimum Gasteiger partial charge on any atom is -0.265 e. The maximum Gasteiger partial charge on any atom is 0.0830 e. The van der Waals surface area contributed by atoms with Crippen LogP contribution in [-0.2, 0) is 6.42 Å². The maximum absolute atomic E-state index is 4.48. The third-order valence-corrected chi connectivity index (χ3v) is 2.88. The molecule has 0 amide bonds. The topological polar surface area (TPSA) is 28.5 Å². The van der Waals surface area contributed by atoms with Gasteiger partial charge in [0.05, 0.1) is 17.6 Å². The van der Waals surface area contributed by atoms with Gasteiger partial charge in [-0.25, -0.2) is 0 Å². The van der Waals surface area contributed by atoms with Crippen molar-refractivity contribution in [3.05, 3.63) is 59.9 Å². The van der Waals surface area contributed by atoms with E-state index >= 15 is 0 Å². The van der Waals surface area contributed by atoms with Gasteiger partial charge in [-0.2, -0.15) is 5.10 Å². The number of hydrazone groups is 1. The van der Waals surface area contributed by atoms with Crippen LogP contribution in [0.15, 0.2) is 53.8 Å². The van der Waals surface area contributed by atoms with E-state index in [1.807, 2.05) is 35.5 Å². The molecule has 0 unspecified atom stereocenters. The Morgan fingerprint density at radius 3 is 2.88 bits per heavy atom. The highest BCUT2D eigenvalue weighted by atomic mass is 15.5. The Kier molecular flexibility index (Phi) is 2.58. The molecule has 17 heavy (non-hydrogen) atoms. The molecule has 0 radical (unpaired) electrons. The van der Waals surface area contributed by atoms with E-state index in [0.717, 1.165) is 18.7 Å². The maximum atomic E-state index is 4.48. The summed E-state index contributed by atoms with van der Waals surface area (Å²) in [7, 11) is 0. The van der Waals surface area contributed by atoms with E-state index < -0.39 is 0 Å². The molecule has 0 bridgehead atoms. The van der Waals surface area contributed by atoms with Crippen molar-refractivity contribution in [2.75, 3.05) is 11.6 Å². The molecular weight excluding hydrogens is 210 g/mol. The van der Waals surface area contributed by atoms with Crippen LogP contribution in [0.1, 0.15) is 11.3 Å². The van der Waals surface area contributed by atoms with Crippen molar-refractivity contribution in [3.8, 4) is 0 Å². The molecular formula is C14H13N3. The highest BCUT2D eigenvalue weighted by Crippen LogP contribution is 2.27. The van der Waals surface area contributed by atoms with Gasteiger partial charge in [-0.3, -0.25) is 9.99 Å². The number of fused-ring (bicyclic) bond motifs is 1. The van der Waals surface area contributed by atoms with Crippen molar-refractivity contribution >= 4 is 11.9 Å². The van der Waals surface area contributed by atoms with Crippen molar-refractivity contribution in [2.45, 2.75) is 6.42 Å². The Labute approximate surface area is 100 Å². The summed E-state index contributed by atoms with van der Waals surface area (Å²) in [6, 6.07) is 14.2. The summed E-state index contributed by atoms with van der Waals surface area (Å²) in [6.45, 7) is 0.947. The summed E-state index contributed by atoms with van der Waals surface area (Å²) in [4.78, 5) is 4.22. The molecule has 0 fully saturated rings. The lowest BCUT2D eigenvalue weighted by Gasteiger charge is -2.11. The number of hydrogen-bond acceptors (Lipinski definition) is 3. The number of benzene rings is 1. The lowest BCUT2D eigenvalue weighted by atomic mass is 10.2. The summed E-state index contributed by atoms with van der Waals surface area (Å²) >= 11 is 0. The first kappa shape index (κ1) is 10.0. The zero-order chi connectivity index (χ0) is 11.5. The first-order valence-electron chi connectivity index (χ1n) is 5.74. The van der Waals surface area contributed by atoms with Gasteiger partial charge in [0, 0.05) is 12.7 Å². The van der Waals surface area contributed by atoms with Crippen LogP contribution in [0.2, 0.25) is 0 Å². The summed E-state index contributed by atoms with van der Waals surface area (Å²) in [5.74, 6) is 0. The van der Waals surface area contributed by atoms with E-state index in [4.69, 9.17) is 0 Å². The minimum absolute atomic E-state index is 0.886. The van der Waals surface area contributed by atoms with Crippen molar-refractivity contribution in [1.82, 2.24) is 4.98 Å². The van der Waals surface area contributed by atoms with Crippen LogP contribution in [0.5, 0.6) is 0 Å². The molecule has 0 N–H and O–H groups in total. The van der Waals surface area contributed by atoms with Crippen LogP contribution in [0.3, 0.4) is 0 Å². The van der Waals surface area contributed by atoms with Gasteiger partial charge >= 0.3 is 0 Å². The van der Waals surface area contributed by atoms with Crippen molar-refractivity contribution in [3.63, 3.8) is 0 Å². The fourth-order valence-electron chi connectivity index (χ4n) is 2.02. The lowest BCUT2D eigenvalue weighted by Crippen LogP contribution is -2.12. The molecule has 1 aliphatic rings. The highest BCUT2D eigenvalue weighted by Gasteiger charge is 2.16. The Morgan fingerprint density at radius 1 is 1.12 bits per heavy atom. The second kappa shape index (κ2) is 4.37. The molecule has 0 aliphatic carbocycles. The van der Waals surface area contributed by atoms with Crippen LogP contribution in [0.4, 0.5) is 5.69 Å². The van der Waals surface area contributed by atoms with E-state index in [1.165, 1.54) is 11.3 Å². The first-order chi connectivity index (χ1) is 8.43. The fourth-order valence-corrected chi connectivity index (χ4v) is 2.02. The quantitative estimate of drug-likeness (QED) is 0.732. The molecule has 2 heterocycles. The van der Waals surface area contributed by atoms with Gasteiger partial charge < -0.3 is 0 Å². The van der Waals surface area contributed by atoms with Gasteiger partial charge in [0.25, 0.3) is 0 Å². The molecule has 0 saturated carbocycles. The molecule has 0 saturated heterocycles. The number of rotatable bonds is 2. The van der Waals surface area contributed by atoms with Crippen molar-refractivity contribution < 1.29 is 0 Å². The predicted octanol–water partition coefficient (Wildman–Crippen LogP) is 2.48. The molecule has 1 aromatic carbocycles. The Balaban J connectivity index is 1.82. The average Bonchev–Trinajstić information content (AvgIpc) is 2.81. The summed E-state index contributed by atoms with van der Waals surface area (Å²) < 4.78 is 0. The van der Waals surface area contributed by atoms with Crippen LogP contribution < -0.4 is 5.01 Å². The Bertz CT molecular complexity index is 534. The molecule has 3 heteroatoms. The fraction of sp³-hybridized carbons (Fsp3) is 0.143. The minimum atomic E-state index is 0.886. The van der Waals surface area contributed by atoms with E-state index in [0.29, 0.717) is 0 Å². The zero-order valence-electron chi connectivity index (χ0n) is 9.45. The van der Waals surface area contributed by atoms with E-state index in [2.05, 4.69) is 28.3 Å². The normalized spacial score (nSPS) is 14.2. The molecule has 3 nitrogen and oxygen atoms in total. The van der Waals surface area contributed by atoms with Crippen molar-refractivity contribution in [1.29, 1.82) is 0 Å². The van der Waals surface area contributed by atoms with E-state index in [-0.39, 0.29) is 0 Å². The number of aromatic nitrogens is 1. The molecule has 0 spiro atoms. The number of anilines is 1. The van der Waals surface area contributed by atoms with E-state index in [1.54, 1.807) is 6.20 Å². The largest absolute Gasteiger partial charge is 0.265 e. The lowest BCUT2D eigenvalue weighted by molar-refractivity contribution is 0.895. The van der Waals surface area contributed by atoms with Crippen LogP contribution in [0.25, 0.3) is 0 Å². The highest BCUT2D eigenvalue weighted by molar-refractivity contribution is 5.78. The smallest absolute Gasteiger partial charge is 0.0830 e. The molecule has 84 valence electrons. The van der Waals surface area contributed by atoms with E-state index in [9.17, 15) is 0 Å². The second-order valence-electron chi connectivity index (χ2n) is 4.00.